The van der Waals surface area contributed by atoms with Crippen LogP contribution in [0, 0.1) is 11.8 Å². The lowest BCUT2D eigenvalue weighted by atomic mass is 9.98. The van der Waals surface area contributed by atoms with Gasteiger partial charge in [0.1, 0.15) is 11.5 Å². The van der Waals surface area contributed by atoms with Crippen molar-refractivity contribution in [2.75, 3.05) is 27.3 Å². The van der Waals surface area contributed by atoms with Crippen LogP contribution in [0.2, 0.25) is 5.02 Å². The molecule has 140 valence electrons. The molecular formula is C18H26Cl2N2O3. The molecule has 2 aliphatic rings. The summed E-state index contributed by atoms with van der Waals surface area (Å²) in [5, 5.41) is 3.78. The number of carbonyl (C=O) groups excluding carboxylic acids is 1. The number of benzene rings is 1. The summed E-state index contributed by atoms with van der Waals surface area (Å²) in [6, 6.07) is 3.91. The molecule has 1 heterocycles. The van der Waals surface area contributed by atoms with Gasteiger partial charge in [-0.3, -0.25) is 9.69 Å². The van der Waals surface area contributed by atoms with Gasteiger partial charge in [0, 0.05) is 44.2 Å². The molecule has 7 heteroatoms. The van der Waals surface area contributed by atoms with E-state index in [2.05, 4.69) is 10.2 Å². The zero-order valence-electron chi connectivity index (χ0n) is 14.9. The molecule has 1 N–H and O–H groups in total. The second-order valence-corrected chi connectivity index (χ2v) is 7.20. The van der Waals surface area contributed by atoms with Gasteiger partial charge in [-0.15, -0.1) is 12.4 Å². The monoisotopic (exact) mass is 388 g/mol. The van der Waals surface area contributed by atoms with E-state index < -0.39 is 0 Å². The van der Waals surface area contributed by atoms with Crippen molar-refractivity contribution >= 4 is 29.9 Å². The molecule has 0 aromatic heterocycles. The van der Waals surface area contributed by atoms with E-state index in [1.54, 1.807) is 21.1 Å². The van der Waals surface area contributed by atoms with Gasteiger partial charge in [0.2, 0.25) is 5.91 Å². The molecule has 2 atom stereocenters. The minimum atomic E-state index is 0. The Hall–Kier alpha value is -1.17. The summed E-state index contributed by atoms with van der Waals surface area (Å²) in [5.41, 5.74) is 0.970. The fourth-order valence-electron chi connectivity index (χ4n) is 3.72. The van der Waals surface area contributed by atoms with Crippen molar-refractivity contribution in [1.29, 1.82) is 0 Å². The van der Waals surface area contributed by atoms with Crippen molar-refractivity contribution in [3.8, 4) is 11.5 Å². The summed E-state index contributed by atoms with van der Waals surface area (Å²) in [4.78, 5) is 13.9. The van der Waals surface area contributed by atoms with E-state index in [9.17, 15) is 4.79 Å². The predicted molar refractivity (Wildman–Crippen MR) is 101 cm³/mol. The summed E-state index contributed by atoms with van der Waals surface area (Å²) >= 11 is 6.45. The van der Waals surface area contributed by atoms with Crippen LogP contribution in [0.4, 0.5) is 0 Å². The van der Waals surface area contributed by atoms with Gasteiger partial charge in [-0.2, -0.15) is 0 Å². The average Bonchev–Trinajstić information content (AvgIpc) is 3.31. The number of ether oxygens (including phenoxy) is 2. The van der Waals surface area contributed by atoms with E-state index in [1.807, 2.05) is 12.1 Å². The van der Waals surface area contributed by atoms with Crippen molar-refractivity contribution in [1.82, 2.24) is 10.2 Å². The Kier molecular flexibility index (Phi) is 6.83. The summed E-state index contributed by atoms with van der Waals surface area (Å²) in [6.07, 6.45) is 2.56. The molecule has 0 bridgehead atoms. The Morgan fingerprint density at radius 2 is 2.00 bits per heavy atom. The Morgan fingerprint density at radius 3 is 2.56 bits per heavy atom. The third-order valence-electron chi connectivity index (χ3n) is 5.02. The van der Waals surface area contributed by atoms with Gasteiger partial charge in [-0.05, 0) is 30.7 Å². The highest BCUT2D eigenvalue weighted by molar-refractivity contribution is 6.31. The quantitative estimate of drug-likeness (QED) is 0.812. The third kappa shape index (κ3) is 4.72. The van der Waals surface area contributed by atoms with Gasteiger partial charge in [0.25, 0.3) is 0 Å². The van der Waals surface area contributed by atoms with Gasteiger partial charge in [0.05, 0.1) is 19.2 Å². The van der Waals surface area contributed by atoms with Crippen LogP contribution in [0.3, 0.4) is 0 Å². The molecule has 1 saturated heterocycles. The molecule has 5 nitrogen and oxygen atoms in total. The van der Waals surface area contributed by atoms with Gasteiger partial charge in [0.15, 0.2) is 0 Å². The molecular weight excluding hydrogens is 363 g/mol. The normalized spacial score (nSPS) is 23.0. The number of amides is 1. The van der Waals surface area contributed by atoms with Gasteiger partial charge in [-0.1, -0.05) is 11.6 Å². The van der Waals surface area contributed by atoms with E-state index >= 15 is 0 Å². The van der Waals surface area contributed by atoms with Crippen LogP contribution in [-0.4, -0.2) is 44.2 Å². The number of halogens is 2. The number of nitrogens with zero attached hydrogens (tertiary/aromatic N) is 1. The van der Waals surface area contributed by atoms with Crippen LogP contribution < -0.4 is 14.8 Å². The highest BCUT2D eigenvalue weighted by atomic mass is 35.5. The van der Waals surface area contributed by atoms with Crippen LogP contribution in [0.5, 0.6) is 11.5 Å². The second kappa shape index (κ2) is 8.47. The largest absolute Gasteiger partial charge is 0.497 e. The molecule has 0 spiro atoms. The molecule has 1 aliphatic heterocycles. The summed E-state index contributed by atoms with van der Waals surface area (Å²) < 4.78 is 10.8. The van der Waals surface area contributed by atoms with Crippen molar-refractivity contribution in [2.45, 2.75) is 32.4 Å². The molecule has 2 fully saturated rings. The first-order chi connectivity index (χ1) is 11.5. The first-order valence-corrected chi connectivity index (χ1v) is 8.79. The number of nitrogens with one attached hydrogen (secondary N) is 1. The molecule has 1 aromatic carbocycles. The third-order valence-corrected chi connectivity index (χ3v) is 5.36. The van der Waals surface area contributed by atoms with Gasteiger partial charge in [-0.25, -0.2) is 0 Å². The number of likely N-dealkylation sites (tertiary alicyclic amines) is 1. The molecule has 1 aliphatic carbocycles. The van der Waals surface area contributed by atoms with Crippen molar-refractivity contribution in [3.63, 3.8) is 0 Å². The smallest absolute Gasteiger partial charge is 0.217 e. The van der Waals surface area contributed by atoms with Crippen molar-refractivity contribution < 1.29 is 14.3 Å². The Balaban J connectivity index is 0.00000225. The number of carbonyl (C=O) groups is 1. The van der Waals surface area contributed by atoms with Crippen LogP contribution in [0.25, 0.3) is 0 Å². The fraction of sp³-hybridized carbons (Fsp3) is 0.611. The van der Waals surface area contributed by atoms with E-state index in [4.69, 9.17) is 21.1 Å². The predicted octanol–water partition coefficient (Wildman–Crippen LogP) is 3.13. The highest BCUT2D eigenvalue weighted by Crippen LogP contribution is 2.42. The van der Waals surface area contributed by atoms with Crippen LogP contribution in [0.1, 0.15) is 25.3 Å². The molecule has 3 rings (SSSR count). The fourth-order valence-corrected chi connectivity index (χ4v) is 3.98. The number of hydrogen-bond donors (Lipinski definition) is 1. The first kappa shape index (κ1) is 20.1. The molecule has 1 amide bonds. The first-order valence-electron chi connectivity index (χ1n) is 8.41. The van der Waals surface area contributed by atoms with Crippen LogP contribution >= 0.6 is 24.0 Å². The second-order valence-electron chi connectivity index (χ2n) is 6.79. The van der Waals surface area contributed by atoms with Crippen LogP contribution in [-0.2, 0) is 11.3 Å². The number of hydrogen-bond acceptors (Lipinski definition) is 4. The van der Waals surface area contributed by atoms with E-state index in [1.165, 1.54) is 12.8 Å². The zero-order chi connectivity index (χ0) is 17.3. The minimum absolute atomic E-state index is 0. The van der Waals surface area contributed by atoms with Gasteiger partial charge >= 0.3 is 0 Å². The number of rotatable bonds is 6. The average molecular weight is 389 g/mol. The Bertz CT molecular complexity index is 623. The SMILES string of the molecule is COc1cc(Cl)c(CN2C[C@H](NC(C)=O)[C@@H](C3CC3)C2)c(OC)c1.Cl. The lowest BCUT2D eigenvalue weighted by Gasteiger charge is -2.19. The van der Waals surface area contributed by atoms with Gasteiger partial charge < -0.3 is 14.8 Å². The van der Waals surface area contributed by atoms with Crippen molar-refractivity contribution in [3.05, 3.63) is 22.7 Å². The topological polar surface area (TPSA) is 50.8 Å². The molecule has 0 unspecified atom stereocenters. The lowest BCUT2D eigenvalue weighted by molar-refractivity contribution is -0.119. The molecule has 25 heavy (non-hydrogen) atoms. The molecule has 1 aromatic rings. The summed E-state index contributed by atoms with van der Waals surface area (Å²) in [5.74, 6) is 2.77. The highest BCUT2D eigenvalue weighted by Gasteiger charge is 2.42. The standard InChI is InChI=1S/C18H25ClN2O3.ClH/c1-11(22)20-17-10-21(8-14(17)12-4-5-12)9-15-16(19)6-13(23-2)7-18(15)24-3;/h6-7,12,14,17H,4-5,8-10H2,1-3H3,(H,20,22);1H/t14-,17+;/m1./s1. The zero-order valence-corrected chi connectivity index (χ0v) is 16.5. The molecule has 1 saturated carbocycles. The minimum Gasteiger partial charge on any atom is -0.497 e. The van der Waals surface area contributed by atoms with Crippen molar-refractivity contribution in [2.24, 2.45) is 11.8 Å². The summed E-state index contributed by atoms with van der Waals surface area (Å²) in [6.45, 7) is 4.15. The maximum atomic E-state index is 11.5. The number of methoxy groups -OCH3 is 2. The Labute approximate surface area is 160 Å². The Morgan fingerprint density at radius 1 is 1.28 bits per heavy atom. The van der Waals surface area contributed by atoms with E-state index in [0.717, 1.165) is 30.3 Å². The van der Waals surface area contributed by atoms with Crippen LogP contribution in [0.15, 0.2) is 12.1 Å². The van der Waals surface area contributed by atoms with E-state index in [-0.39, 0.29) is 24.4 Å². The lowest BCUT2D eigenvalue weighted by Crippen LogP contribution is -2.39. The van der Waals surface area contributed by atoms with E-state index in [0.29, 0.717) is 23.2 Å². The summed E-state index contributed by atoms with van der Waals surface area (Å²) in [7, 11) is 3.26. The molecule has 0 radical (unpaired) electrons. The maximum absolute atomic E-state index is 11.5. The maximum Gasteiger partial charge on any atom is 0.217 e.